The monoisotopic (exact) mass is 270 g/mol. The van der Waals surface area contributed by atoms with E-state index in [-0.39, 0.29) is 5.75 Å². The lowest BCUT2D eigenvalue weighted by Crippen LogP contribution is -2.24. The van der Waals surface area contributed by atoms with E-state index in [1.54, 1.807) is 25.1 Å². The second-order valence-corrected chi connectivity index (χ2v) is 6.40. The van der Waals surface area contributed by atoms with Gasteiger partial charge in [0.25, 0.3) is 0 Å². The van der Waals surface area contributed by atoms with Gasteiger partial charge in [0.1, 0.15) is 5.75 Å². The van der Waals surface area contributed by atoms with Crippen molar-refractivity contribution in [3.05, 3.63) is 23.8 Å². The van der Waals surface area contributed by atoms with Crippen molar-refractivity contribution in [1.29, 1.82) is 0 Å². The van der Waals surface area contributed by atoms with Crippen molar-refractivity contribution < 1.29 is 13.2 Å². The van der Waals surface area contributed by atoms with Crippen molar-refractivity contribution in [2.45, 2.75) is 20.3 Å². The summed E-state index contributed by atoms with van der Waals surface area (Å²) >= 11 is 0. The third-order valence-electron chi connectivity index (χ3n) is 2.40. The summed E-state index contributed by atoms with van der Waals surface area (Å²) in [6, 6.07) is 5.10. The number of amides is 1. The highest BCUT2D eigenvalue weighted by Crippen LogP contribution is 2.18. The summed E-state index contributed by atoms with van der Waals surface area (Å²) in [5.74, 6) is -0.997. The number of hydrogen-bond donors (Lipinski definition) is 2. The van der Waals surface area contributed by atoms with Gasteiger partial charge in [-0.1, -0.05) is 13.0 Å². The van der Waals surface area contributed by atoms with Crippen molar-refractivity contribution in [1.82, 2.24) is 0 Å². The minimum Gasteiger partial charge on any atom is -0.399 e. The zero-order valence-corrected chi connectivity index (χ0v) is 11.4. The van der Waals surface area contributed by atoms with Crippen LogP contribution in [0.25, 0.3) is 0 Å². The first-order valence-electron chi connectivity index (χ1n) is 5.70. The third kappa shape index (κ3) is 4.37. The lowest BCUT2D eigenvalue weighted by molar-refractivity contribution is -0.113. The van der Waals surface area contributed by atoms with E-state index < -0.39 is 21.5 Å². The molecule has 5 nitrogen and oxygen atoms in total. The zero-order chi connectivity index (χ0) is 13.8. The second-order valence-electron chi connectivity index (χ2n) is 4.21. The fourth-order valence-corrected chi connectivity index (χ4v) is 2.78. The Morgan fingerprint density at radius 2 is 2.06 bits per heavy atom. The molecule has 1 aromatic carbocycles. The van der Waals surface area contributed by atoms with Gasteiger partial charge < -0.3 is 11.1 Å². The molecule has 1 amide bonds. The molecule has 0 fully saturated rings. The minimum atomic E-state index is -3.32. The number of hydrogen-bond acceptors (Lipinski definition) is 4. The molecule has 0 aliphatic carbocycles. The number of aryl methyl sites for hydroxylation is 1. The first-order valence-corrected chi connectivity index (χ1v) is 7.52. The number of benzene rings is 1. The van der Waals surface area contributed by atoms with Gasteiger partial charge in [0.05, 0.1) is 5.75 Å². The van der Waals surface area contributed by atoms with Crippen LogP contribution in [0.15, 0.2) is 18.2 Å². The van der Waals surface area contributed by atoms with Crippen LogP contribution in [0.2, 0.25) is 0 Å². The average Bonchev–Trinajstić information content (AvgIpc) is 2.22. The molecule has 0 heterocycles. The lowest BCUT2D eigenvalue weighted by atomic mass is 10.2. The molecule has 3 N–H and O–H groups in total. The van der Waals surface area contributed by atoms with Gasteiger partial charge in [0.2, 0.25) is 5.91 Å². The van der Waals surface area contributed by atoms with Crippen molar-refractivity contribution in [2.75, 3.05) is 22.6 Å². The normalized spacial score (nSPS) is 11.2. The summed E-state index contributed by atoms with van der Waals surface area (Å²) in [7, 11) is -3.32. The molecule has 0 unspecified atom stereocenters. The van der Waals surface area contributed by atoms with Crippen LogP contribution < -0.4 is 11.1 Å². The molecule has 0 saturated carbocycles. The van der Waals surface area contributed by atoms with E-state index >= 15 is 0 Å². The van der Waals surface area contributed by atoms with Crippen molar-refractivity contribution in [3.8, 4) is 0 Å². The maximum atomic E-state index is 11.6. The van der Waals surface area contributed by atoms with E-state index in [1.165, 1.54) is 0 Å². The Morgan fingerprint density at radius 3 is 2.67 bits per heavy atom. The van der Waals surface area contributed by atoms with Gasteiger partial charge in [-0.2, -0.15) is 0 Å². The number of anilines is 2. The van der Waals surface area contributed by atoms with E-state index in [0.717, 1.165) is 5.56 Å². The number of nitrogen functional groups attached to an aromatic ring is 1. The number of rotatable bonds is 5. The van der Waals surface area contributed by atoms with Crippen LogP contribution in [0.5, 0.6) is 0 Å². The Bertz CT molecular complexity index is 538. The maximum Gasteiger partial charge on any atom is 0.239 e. The molecule has 0 bridgehead atoms. The molecule has 1 aromatic rings. The van der Waals surface area contributed by atoms with E-state index in [2.05, 4.69) is 5.32 Å². The van der Waals surface area contributed by atoms with Gasteiger partial charge in [0.15, 0.2) is 9.84 Å². The maximum absolute atomic E-state index is 11.6. The van der Waals surface area contributed by atoms with Crippen LogP contribution in [0.4, 0.5) is 11.4 Å². The summed E-state index contributed by atoms with van der Waals surface area (Å²) < 4.78 is 23.0. The smallest absolute Gasteiger partial charge is 0.239 e. The summed E-state index contributed by atoms with van der Waals surface area (Å²) in [5, 5.41) is 2.57. The quantitative estimate of drug-likeness (QED) is 0.790. The second kappa shape index (κ2) is 5.86. The van der Waals surface area contributed by atoms with Crippen LogP contribution in [-0.4, -0.2) is 25.8 Å². The van der Waals surface area contributed by atoms with Gasteiger partial charge in [-0.15, -0.1) is 0 Å². The predicted molar refractivity (Wildman–Crippen MR) is 73.2 cm³/mol. The Hall–Kier alpha value is -1.56. The standard InChI is InChI=1S/C12H18N2O3S/c1-3-6-18(16,17)8-12(15)14-11-7-10(13)5-4-9(11)2/h4-5,7H,3,6,8,13H2,1-2H3,(H,14,15). The number of nitrogens with one attached hydrogen (secondary N) is 1. The molecule has 6 heteroatoms. The molecular weight excluding hydrogens is 252 g/mol. The van der Waals surface area contributed by atoms with Gasteiger partial charge in [-0.05, 0) is 31.0 Å². The van der Waals surface area contributed by atoms with E-state index in [0.29, 0.717) is 17.8 Å². The van der Waals surface area contributed by atoms with E-state index in [9.17, 15) is 13.2 Å². The fraction of sp³-hybridized carbons (Fsp3) is 0.417. The molecule has 1 rings (SSSR count). The highest BCUT2D eigenvalue weighted by Gasteiger charge is 2.16. The van der Waals surface area contributed by atoms with Gasteiger partial charge in [0, 0.05) is 11.4 Å². The Kier molecular flexibility index (Phi) is 4.72. The number of nitrogens with two attached hydrogens (primary N) is 1. The summed E-state index contributed by atoms with van der Waals surface area (Å²) in [5.41, 5.74) is 7.52. The Morgan fingerprint density at radius 1 is 1.39 bits per heavy atom. The molecule has 0 aliphatic heterocycles. The number of sulfone groups is 1. The lowest BCUT2D eigenvalue weighted by Gasteiger charge is -2.09. The largest absolute Gasteiger partial charge is 0.399 e. The predicted octanol–water partition coefficient (Wildman–Crippen LogP) is 1.34. The highest BCUT2D eigenvalue weighted by atomic mass is 32.2. The summed E-state index contributed by atoms with van der Waals surface area (Å²) in [6.45, 7) is 3.58. The molecule has 0 aliphatic rings. The molecule has 0 aromatic heterocycles. The van der Waals surface area contributed by atoms with Crippen molar-refractivity contribution in [2.24, 2.45) is 0 Å². The zero-order valence-electron chi connectivity index (χ0n) is 10.6. The number of carbonyl (C=O) groups is 1. The molecule has 0 saturated heterocycles. The Balaban J connectivity index is 2.74. The molecular formula is C12H18N2O3S. The van der Waals surface area contributed by atoms with Crippen LogP contribution in [0.1, 0.15) is 18.9 Å². The SMILES string of the molecule is CCCS(=O)(=O)CC(=O)Nc1cc(N)ccc1C. The molecule has 0 spiro atoms. The highest BCUT2D eigenvalue weighted by molar-refractivity contribution is 7.92. The first-order chi connectivity index (χ1) is 8.34. The van der Waals surface area contributed by atoms with Crippen molar-refractivity contribution >= 4 is 27.1 Å². The topological polar surface area (TPSA) is 89.3 Å². The molecule has 100 valence electrons. The minimum absolute atomic E-state index is 0.0241. The van der Waals surface area contributed by atoms with Crippen LogP contribution in [0, 0.1) is 6.92 Å². The van der Waals surface area contributed by atoms with Crippen molar-refractivity contribution in [3.63, 3.8) is 0 Å². The van der Waals surface area contributed by atoms with Crippen LogP contribution >= 0.6 is 0 Å². The van der Waals surface area contributed by atoms with Gasteiger partial charge in [-0.25, -0.2) is 8.42 Å². The molecule has 0 radical (unpaired) electrons. The molecule has 0 atom stereocenters. The summed E-state index contributed by atoms with van der Waals surface area (Å²) in [4.78, 5) is 11.6. The fourth-order valence-electron chi connectivity index (χ4n) is 1.54. The van der Waals surface area contributed by atoms with Crippen LogP contribution in [0.3, 0.4) is 0 Å². The third-order valence-corrected chi connectivity index (χ3v) is 4.13. The summed E-state index contributed by atoms with van der Waals surface area (Å²) in [6.07, 6.45) is 0.507. The Labute approximate surface area is 107 Å². The van der Waals surface area contributed by atoms with E-state index in [4.69, 9.17) is 5.73 Å². The van der Waals surface area contributed by atoms with Gasteiger partial charge >= 0.3 is 0 Å². The number of carbonyl (C=O) groups excluding carboxylic acids is 1. The first kappa shape index (κ1) is 14.5. The van der Waals surface area contributed by atoms with Crippen LogP contribution in [-0.2, 0) is 14.6 Å². The van der Waals surface area contributed by atoms with E-state index in [1.807, 2.05) is 6.92 Å². The van der Waals surface area contributed by atoms with Gasteiger partial charge in [-0.3, -0.25) is 4.79 Å². The average molecular weight is 270 g/mol. The molecule has 18 heavy (non-hydrogen) atoms.